The number of hydrogen-bond donors (Lipinski definition) is 2. The van der Waals surface area contributed by atoms with Gasteiger partial charge in [0.2, 0.25) is 6.10 Å². The molecule has 0 aliphatic carbocycles. The Morgan fingerprint density at radius 2 is 1.56 bits per heavy atom. The Bertz CT molecular complexity index is 1470. The van der Waals surface area contributed by atoms with Crippen LogP contribution in [0.3, 0.4) is 0 Å². The van der Waals surface area contributed by atoms with Crippen molar-refractivity contribution in [1.29, 1.82) is 0 Å². The van der Waals surface area contributed by atoms with E-state index in [-0.39, 0.29) is 24.1 Å². The van der Waals surface area contributed by atoms with Crippen molar-refractivity contribution in [3.8, 4) is 11.8 Å². The molecule has 0 saturated carbocycles. The number of unbranched alkanes of at least 4 members (excludes halogenated alkanes) is 1. The average Bonchev–Trinajstić information content (AvgIpc) is 3.04. The number of aliphatic hydroxyl groups is 1. The number of hydrogen-bond acceptors (Lipinski definition) is 8. The van der Waals surface area contributed by atoms with Crippen molar-refractivity contribution >= 4 is 11.8 Å². The summed E-state index contributed by atoms with van der Waals surface area (Å²) < 4.78 is 18.3. The van der Waals surface area contributed by atoms with Crippen LogP contribution < -0.4 is 9.47 Å². The van der Waals surface area contributed by atoms with E-state index in [0.29, 0.717) is 41.0 Å². The summed E-state index contributed by atoms with van der Waals surface area (Å²) >= 11 is 0. The molecule has 4 rings (SSSR count). The zero-order valence-corrected chi connectivity index (χ0v) is 24.5. The van der Waals surface area contributed by atoms with E-state index in [1.54, 1.807) is 85.8 Å². The van der Waals surface area contributed by atoms with E-state index in [1.807, 2.05) is 19.1 Å². The van der Waals surface area contributed by atoms with Crippen LogP contribution in [0, 0.1) is 6.92 Å². The van der Waals surface area contributed by atoms with Gasteiger partial charge in [0, 0.05) is 11.3 Å². The van der Waals surface area contributed by atoms with Crippen LogP contribution in [0.25, 0.3) is 0 Å². The number of ether oxygens (including phenoxy) is 3. The monoisotopic (exact) mass is 584 g/mol. The highest BCUT2D eigenvalue weighted by Crippen LogP contribution is 2.41. The standard InChI is InChI=1S/C34H36N2O7/c1-4-5-19-29(30(38)24-13-12-18-28(21-24)41-3)43-34(25-14-8-6-9-15-25,26-16-10-7-11-17-26)31(32(39)40)42-33-35-23(2)20-27(22-37)36-33/h6-18,20-21,29,31,37H,4-5,19,22H2,1-3H3,(H,39,40). The van der Waals surface area contributed by atoms with Crippen LogP contribution in [0.2, 0.25) is 0 Å². The first-order valence-electron chi connectivity index (χ1n) is 14.1. The normalized spacial score (nSPS) is 12.7. The number of benzene rings is 3. The Balaban J connectivity index is 1.95. The van der Waals surface area contributed by atoms with E-state index in [2.05, 4.69) is 9.97 Å². The molecule has 4 aromatic rings. The van der Waals surface area contributed by atoms with Crippen molar-refractivity contribution in [3.63, 3.8) is 0 Å². The molecule has 9 heteroatoms. The number of carboxylic acids is 1. The summed E-state index contributed by atoms with van der Waals surface area (Å²) in [6.45, 7) is 3.31. The second-order valence-corrected chi connectivity index (χ2v) is 10.1. The smallest absolute Gasteiger partial charge is 0.348 e. The van der Waals surface area contributed by atoms with Gasteiger partial charge in [-0.1, -0.05) is 92.6 Å². The summed E-state index contributed by atoms with van der Waals surface area (Å²) in [5.74, 6) is -1.16. The molecule has 0 fully saturated rings. The first-order chi connectivity index (χ1) is 20.8. The molecule has 2 unspecified atom stereocenters. The number of aliphatic hydroxyl groups excluding tert-OH is 1. The van der Waals surface area contributed by atoms with Gasteiger partial charge < -0.3 is 24.4 Å². The number of rotatable bonds is 15. The maximum absolute atomic E-state index is 14.1. The van der Waals surface area contributed by atoms with E-state index in [1.165, 1.54) is 7.11 Å². The van der Waals surface area contributed by atoms with Crippen molar-refractivity contribution < 1.29 is 34.0 Å². The minimum absolute atomic E-state index is 0.236. The Kier molecular flexibility index (Phi) is 10.6. The molecule has 0 amide bonds. The molecule has 43 heavy (non-hydrogen) atoms. The summed E-state index contributed by atoms with van der Waals surface area (Å²) in [4.78, 5) is 35.9. The second kappa shape index (κ2) is 14.5. The Morgan fingerprint density at radius 1 is 0.907 bits per heavy atom. The first-order valence-corrected chi connectivity index (χ1v) is 14.1. The quantitative estimate of drug-likeness (QED) is 0.174. The Hall–Kier alpha value is -4.60. The highest BCUT2D eigenvalue weighted by molar-refractivity contribution is 6.00. The molecule has 0 radical (unpaired) electrons. The maximum Gasteiger partial charge on any atom is 0.348 e. The van der Waals surface area contributed by atoms with Crippen LogP contribution in [0.1, 0.15) is 59.1 Å². The molecule has 3 aromatic carbocycles. The molecular weight excluding hydrogens is 548 g/mol. The zero-order chi connectivity index (χ0) is 30.8. The average molecular weight is 585 g/mol. The minimum Gasteiger partial charge on any atom is -0.497 e. The topological polar surface area (TPSA) is 128 Å². The van der Waals surface area contributed by atoms with E-state index in [0.717, 1.165) is 6.42 Å². The summed E-state index contributed by atoms with van der Waals surface area (Å²) in [7, 11) is 1.52. The number of carboxylic acid groups (broad SMARTS) is 1. The predicted molar refractivity (Wildman–Crippen MR) is 160 cm³/mol. The highest BCUT2D eigenvalue weighted by Gasteiger charge is 2.52. The van der Waals surface area contributed by atoms with Crippen LogP contribution in [0.5, 0.6) is 11.8 Å². The molecule has 0 aliphatic heterocycles. The van der Waals surface area contributed by atoms with Crippen molar-refractivity contribution in [2.75, 3.05) is 7.11 Å². The number of aryl methyl sites for hydroxylation is 1. The lowest BCUT2D eigenvalue weighted by atomic mass is 9.80. The molecule has 224 valence electrons. The van der Waals surface area contributed by atoms with Crippen LogP contribution >= 0.6 is 0 Å². The van der Waals surface area contributed by atoms with Gasteiger partial charge in [0.15, 0.2) is 11.4 Å². The SMILES string of the molecule is CCCCC(OC(c1ccccc1)(c1ccccc1)C(Oc1nc(C)cc(CO)n1)C(=O)O)C(=O)c1cccc(OC)c1. The van der Waals surface area contributed by atoms with E-state index in [4.69, 9.17) is 14.2 Å². The van der Waals surface area contributed by atoms with Gasteiger partial charge in [-0.05, 0) is 42.7 Å². The number of Topliss-reactive ketones (excluding diaryl/α,β-unsaturated/α-hetero) is 1. The van der Waals surface area contributed by atoms with Crippen LogP contribution in [-0.2, 0) is 21.7 Å². The molecule has 0 spiro atoms. The van der Waals surface area contributed by atoms with Crippen LogP contribution in [0.15, 0.2) is 91.0 Å². The number of carbonyl (C=O) groups excluding carboxylic acids is 1. The summed E-state index contributed by atoms with van der Waals surface area (Å²) in [6, 6.07) is 25.8. The Morgan fingerprint density at radius 3 is 2.12 bits per heavy atom. The van der Waals surface area contributed by atoms with Gasteiger partial charge in [-0.3, -0.25) is 4.79 Å². The first kappa shape index (κ1) is 31.3. The van der Waals surface area contributed by atoms with Gasteiger partial charge in [-0.2, -0.15) is 4.98 Å². The lowest BCUT2D eigenvalue weighted by molar-refractivity contribution is -0.169. The van der Waals surface area contributed by atoms with E-state index >= 15 is 0 Å². The van der Waals surface area contributed by atoms with Crippen molar-refractivity contribution in [1.82, 2.24) is 9.97 Å². The fourth-order valence-electron chi connectivity index (χ4n) is 5.01. The fourth-order valence-corrected chi connectivity index (χ4v) is 5.01. The number of methoxy groups -OCH3 is 1. The van der Waals surface area contributed by atoms with Gasteiger partial charge in [-0.25, -0.2) is 9.78 Å². The van der Waals surface area contributed by atoms with Crippen molar-refractivity contribution in [2.24, 2.45) is 0 Å². The molecule has 1 heterocycles. The second-order valence-electron chi connectivity index (χ2n) is 10.1. The van der Waals surface area contributed by atoms with Gasteiger partial charge >= 0.3 is 12.0 Å². The van der Waals surface area contributed by atoms with Crippen LogP contribution in [0.4, 0.5) is 0 Å². The Labute approximate surface area is 251 Å². The largest absolute Gasteiger partial charge is 0.497 e. The lowest BCUT2D eigenvalue weighted by Gasteiger charge is -2.41. The van der Waals surface area contributed by atoms with Crippen LogP contribution in [-0.4, -0.2) is 51.3 Å². The number of ketones is 1. The number of aliphatic carboxylic acids is 1. The molecule has 9 nitrogen and oxygen atoms in total. The third kappa shape index (κ3) is 7.25. The van der Waals surface area contributed by atoms with E-state index < -0.39 is 23.8 Å². The maximum atomic E-state index is 14.1. The minimum atomic E-state index is -1.83. The van der Waals surface area contributed by atoms with Gasteiger partial charge in [0.05, 0.1) is 19.4 Å². The number of aromatic nitrogens is 2. The third-order valence-corrected chi connectivity index (χ3v) is 7.07. The molecular formula is C34H36N2O7. The third-order valence-electron chi connectivity index (χ3n) is 7.07. The fraction of sp³-hybridized carbons (Fsp3) is 0.294. The van der Waals surface area contributed by atoms with Gasteiger partial charge in [0.1, 0.15) is 11.9 Å². The molecule has 0 aliphatic rings. The highest BCUT2D eigenvalue weighted by atomic mass is 16.6. The van der Waals surface area contributed by atoms with Gasteiger partial charge in [0.25, 0.3) is 0 Å². The van der Waals surface area contributed by atoms with Gasteiger partial charge in [-0.15, -0.1) is 0 Å². The molecule has 0 saturated heterocycles. The summed E-state index contributed by atoms with van der Waals surface area (Å²) in [5, 5.41) is 20.5. The summed E-state index contributed by atoms with van der Waals surface area (Å²) in [5.41, 5.74) is 0.225. The summed E-state index contributed by atoms with van der Waals surface area (Å²) in [6.07, 6.45) is -1.03. The predicted octanol–water partition coefficient (Wildman–Crippen LogP) is 5.52. The lowest BCUT2D eigenvalue weighted by Crippen LogP contribution is -2.53. The molecule has 2 N–H and O–H groups in total. The zero-order valence-electron chi connectivity index (χ0n) is 24.5. The van der Waals surface area contributed by atoms with E-state index in [9.17, 15) is 19.8 Å². The number of carbonyl (C=O) groups is 2. The number of nitrogens with zero attached hydrogens (tertiary/aromatic N) is 2. The molecule has 2 atom stereocenters. The van der Waals surface area contributed by atoms with Crippen molar-refractivity contribution in [3.05, 3.63) is 119 Å². The van der Waals surface area contributed by atoms with Crippen molar-refractivity contribution in [2.45, 2.75) is 57.5 Å². The molecule has 1 aromatic heterocycles. The molecule has 0 bridgehead atoms.